The summed E-state index contributed by atoms with van der Waals surface area (Å²) in [5.41, 5.74) is 6.29. The first-order valence-corrected chi connectivity index (χ1v) is 7.16. The maximum atomic E-state index is 12.9. The van der Waals surface area contributed by atoms with Gasteiger partial charge in [-0.3, -0.25) is 4.68 Å². The molecule has 108 valence electrons. The van der Waals surface area contributed by atoms with Crippen LogP contribution in [0.25, 0.3) is 11.4 Å². The Morgan fingerprint density at radius 2 is 2.20 bits per heavy atom. The standard InChI is InChI=1S/C12H15F2N5S/c1-2-19-10(3-5-16-19)8-7-9(11(13)14)18-12(17-8)20-6-4-15/h3,5,7,11H,2,4,6,15H2,1H3. The van der Waals surface area contributed by atoms with E-state index >= 15 is 0 Å². The van der Waals surface area contributed by atoms with Crippen LogP contribution in [0, 0.1) is 0 Å². The first kappa shape index (κ1) is 14.9. The maximum Gasteiger partial charge on any atom is 0.280 e. The van der Waals surface area contributed by atoms with Gasteiger partial charge in [-0.2, -0.15) is 5.10 Å². The molecule has 2 heterocycles. The van der Waals surface area contributed by atoms with Crippen molar-refractivity contribution in [3.63, 3.8) is 0 Å². The van der Waals surface area contributed by atoms with Gasteiger partial charge in [-0.1, -0.05) is 11.8 Å². The molecule has 0 aliphatic heterocycles. The van der Waals surface area contributed by atoms with Crippen molar-refractivity contribution in [3.8, 4) is 11.4 Å². The second kappa shape index (κ2) is 6.76. The predicted molar refractivity (Wildman–Crippen MR) is 73.7 cm³/mol. The Morgan fingerprint density at radius 3 is 2.85 bits per heavy atom. The summed E-state index contributed by atoms with van der Waals surface area (Å²) in [7, 11) is 0. The summed E-state index contributed by atoms with van der Waals surface area (Å²) in [4.78, 5) is 8.16. The first-order chi connectivity index (χ1) is 9.65. The third-order valence-electron chi connectivity index (χ3n) is 2.58. The Morgan fingerprint density at radius 1 is 1.40 bits per heavy atom. The molecule has 0 aliphatic rings. The molecule has 2 rings (SSSR count). The zero-order valence-electron chi connectivity index (χ0n) is 11.0. The summed E-state index contributed by atoms with van der Waals surface area (Å²) < 4.78 is 27.6. The number of nitrogens with two attached hydrogens (primary N) is 1. The van der Waals surface area contributed by atoms with Gasteiger partial charge in [-0.15, -0.1) is 0 Å². The minimum absolute atomic E-state index is 0.279. The van der Waals surface area contributed by atoms with E-state index < -0.39 is 6.43 Å². The van der Waals surface area contributed by atoms with E-state index in [1.165, 1.54) is 17.8 Å². The molecule has 0 amide bonds. The van der Waals surface area contributed by atoms with Gasteiger partial charge in [-0.05, 0) is 19.1 Å². The van der Waals surface area contributed by atoms with Crippen LogP contribution >= 0.6 is 11.8 Å². The van der Waals surface area contributed by atoms with Crippen molar-refractivity contribution in [3.05, 3.63) is 24.0 Å². The third kappa shape index (κ3) is 3.31. The SMILES string of the molecule is CCn1nccc1-c1cc(C(F)F)nc(SCCN)n1. The van der Waals surface area contributed by atoms with E-state index in [0.29, 0.717) is 35.4 Å². The molecular formula is C12H15F2N5S. The minimum atomic E-state index is -2.63. The number of thioether (sulfide) groups is 1. The van der Waals surface area contributed by atoms with E-state index in [1.807, 2.05) is 6.92 Å². The fourth-order valence-electron chi connectivity index (χ4n) is 1.70. The van der Waals surface area contributed by atoms with E-state index in [2.05, 4.69) is 15.1 Å². The average molecular weight is 299 g/mol. The molecule has 20 heavy (non-hydrogen) atoms. The van der Waals surface area contributed by atoms with Crippen molar-refractivity contribution in [2.24, 2.45) is 5.73 Å². The molecule has 2 aromatic heterocycles. The van der Waals surface area contributed by atoms with Crippen LogP contribution in [0.1, 0.15) is 19.0 Å². The van der Waals surface area contributed by atoms with E-state index in [-0.39, 0.29) is 5.69 Å². The summed E-state index contributed by atoms with van der Waals surface area (Å²) in [5, 5.41) is 4.43. The lowest BCUT2D eigenvalue weighted by Gasteiger charge is -2.08. The van der Waals surface area contributed by atoms with Crippen LogP contribution in [0.3, 0.4) is 0 Å². The normalized spacial score (nSPS) is 11.2. The van der Waals surface area contributed by atoms with Crippen molar-refractivity contribution in [1.82, 2.24) is 19.7 Å². The number of hydrogen-bond acceptors (Lipinski definition) is 5. The number of hydrogen-bond donors (Lipinski definition) is 1. The van der Waals surface area contributed by atoms with Crippen LogP contribution in [-0.2, 0) is 6.54 Å². The van der Waals surface area contributed by atoms with Crippen LogP contribution in [0.4, 0.5) is 8.78 Å². The van der Waals surface area contributed by atoms with E-state index in [0.717, 1.165) is 0 Å². The van der Waals surface area contributed by atoms with Gasteiger partial charge in [0.1, 0.15) is 5.69 Å². The molecule has 0 fully saturated rings. The molecule has 2 aromatic rings. The number of aryl methyl sites for hydroxylation is 1. The number of nitrogens with zero attached hydrogens (tertiary/aromatic N) is 4. The van der Waals surface area contributed by atoms with Crippen LogP contribution in [0.5, 0.6) is 0 Å². The fourth-order valence-corrected chi connectivity index (χ4v) is 2.34. The van der Waals surface area contributed by atoms with Crippen molar-refractivity contribution < 1.29 is 8.78 Å². The Hall–Kier alpha value is -1.54. The molecule has 8 heteroatoms. The largest absolute Gasteiger partial charge is 0.330 e. The van der Waals surface area contributed by atoms with E-state index in [9.17, 15) is 8.78 Å². The lowest BCUT2D eigenvalue weighted by atomic mass is 10.2. The fraction of sp³-hybridized carbons (Fsp3) is 0.417. The number of alkyl halides is 2. The van der Waals surface area contributed by atoms with Gasteiger partial charge >= 0.3 is 0 Å². The van der Waals surface area contributed by atoms with Crippen molar-refractivity contribution >= 4 is 11.8 Å². The average Bonchev–Trinajstić information content (AvgIpc) is 2.93. The van der Waals surface area contributed by atoms with Crippen LogP contribution in [0.2, 0.25) is 0 Å². The zero-order valence-corrected chi connectivity index (χ0v) is 11.8. The molecule has 0 saturated carbocycles. The Balaban J connectivity index is 2.43. The number of halogens is 2. The first-order valence-electron chi connectivity index (χ1n) is 6.18. The topological polar surface area (TPSA) is 69.6 Å². The highest BCUT2D eigenvalue weighted by Gasteiger charge is 2.16. The van der Waals surface area contributed by atoms with Gasteiger partial charge < -0.3 is 5.73 Å². The molecule has 0 unspecified atom stereocenters. The van der Waals surface area contributed by atoms with Crippen molar-refractivity contribution in [1.29, 1.82) is 0 Å². The monoisotopic (exact) mass is 299 g/mol. The summed E-state index contributed by atoms with van der Waals surface area (Å²) >= 11 is 1.27. The number of aromatic nitrogens is 4. The third-order valence-corrected chi connectivity index (χ3v) is 3.46. The Labute approximate surface area is 119 Å². The molecule has 2 N–H and O–H groups in total. The molecular weight excluding hydrogens is 284 g/mol. The summed E-state index contributed by atoms with van der Waals surface area (Å²) in [6.07, 6.45) is -1.01. The van der Waals surface area contributed by atoms with Crippen molar-refractivity contribution in [2.45, 2.75) is 25.1 Å². The molecule has 0 atom stereocenters. The number of rotatable bonds is 6. The molecule has 0 aliphatic carbocycles. The van der Waals surface area contributed by atoms with Gasteiger partial charge in [0.2, 0.25) is 0 Å². The smallest absolute Gasteiger partial charge is 0.280 e. The van der Waals surface area contributed by atoms with Gasteiger partial charge in [0.15, 0.2) is 5.16 Å². The van der Waals surface area contributed by atoms with Gasteiger partial charge in [-0.25, -0.2) is 18.7 Å². The zero-order chi connectivity index (χ0) is 14.5. The van der Waals surface area contributed by atoms with Crippen molar-refractivity contribution in [2.75, 3.05) is 12.3 Å². The van der Waals surface area contributed by atoms with E-state index in [1.54, 1.807) is 16.9 Å². The predicted octanol–water partition coefficient (Wildman–Crippen LogP) is 2.35. The van der Waals surface area contributed by atoms with Gasteiger partial charge in [0.05, 0.1) is 11.4 Å². The Bertz CT molecular complexity index is 573. The molecule has 0 bridgehead atoms. The second-order valence-electron chi connectivity index (χ2n) is 3.93. The molecule has 0 saturated heterocycles. The quantitative estimate of drug-likeness (QED) is 0.655. The summed E-state index contributed by atoms with van der Waals surface area (Å²) in [6, 6.07) is 3.05. The highest BCUT2D eigenvalue weighted by Crippen LogP contribution is 2.26. The van der Waals surface area contributed by atoms with E-state index in [4.69, 9.17) is 5.73 Å². The highest BCUT2D eigenvalue weighted by molar-refractivity contribution is 7.99. The molecule has 0 spiro atoms. The summed E-state index contributed by atoms with van der Waals surface area (Å²) in [5.74, 6) is 0.583. The molecule has 0 aromatic carbocycles. The van der Waals surface area contributed by atoms with Gasteiger partial charge in [0.25, 0.3) is 6.43 Å². The lowest BCUT2D eigenvalue weighted by molar-refractivity contribution is 0.145. The second-order valence-corrected chi connectivity index (χ2v) is 4.99. The Kier molecular flexibility index (Phi) is 5.02. The van der Waals surface area contributed by atoms with Crippen LogP contribution in [0.15, 0.2) is 23.5 Å². The minimum Gasteiger partial charge on any atom is -0.330 e. The van der Waals surface area contributed by atoms with Crippen LogP contribution in [-0.4, -0.2) is 32.0 Å². The lowest BCUT2D eigenvalue weighted by Crippen LogP contribution is -2.05. The van der Waals surface area contributed by atoms with Gasteiger partial charge in [0, 0.05) is 25.0 Å². The molecule has 0 radical (unpaired) electrons. The summed E-state index contributed by atoms with van der Waals surface area (Å²) in [6.45, 7) is 3.01. The van der Waals surface area contributed by atoms with Crippen LogP contribution < -0.4 is 5.73 Å². The molecule has 5 nitrogen and oxygen atoms in total. The maximum absolute atomic E-state index is 12.9. The highest BCUT2D eigenvalue weighted by atomic mass is 32.2.